The molecule has 0 spiro atoms. The van der Waals surface area contributed by atoms with Crippen LogP contribution in [0.4, 0.5) is 4.79 Å². The SMILES string of the molecule is Cc1cccc(CNC(=O)NCCCC(=O)NCC(=O)NCC(C(=O)O)c2ccc(-c3ccccc3)cc2)c1. The van der Waals surface area contributed by atoms with Gasteiger partial charge in [-0.05, 0) is 35.6 Å². The van der Waals surface area contributed by atoms with Gasteiger partial charge in [0.05, 0.1) is 12.5 Å². The molecule has 0 saturated heterocycles. The summed E-state index contributed by atoms with van der Waals surface area (Å²) < 4.78 is 0. The average molecular weight is 531 g/mol. The number of aryl methyl sites for hydroxylation is 1. The van der Waals surface area contributed by atoms with E-state index in [-0.39, 0.29) is 31.4 Å². The number of hydrogen-bond donors (Lipinski definition) is 5. The van der Waals surface area contributed by atoms with E-state index >= 15 is 0 Å². The van der Waals surface area contributed by atoms with Crippen LogP contribution in [0.5, 0.6) is 0 Å². The highest BCUT2D eigenvalue weighted by Gasteiger charge is 2.21. The number of nitrogens with one attached hydrogen (secondary N) is 4. The number of carbonyl (C=O) groups excluding carboxylic acids is 3. The zero-order valence-corrected chi connectivity index (χ0v) is 21.9. The minimum Gasteiger partial charge on any atom is -0.481 e. The standard InChI is InChI=1S/C30H34N4O5/c1-21-7-5-8-22(17-21)18-34-30(39)31-16-6-11-27(35)33-20-28(36)32-19-26(29(37)38)25-14-12-24(13-15-25)23-9-3-2-4-10-23/h2-5,7-10,12-15,17,26H,6,11,16,18-20H2,1H3,(H,32,36)(H,33,35)(H,37,38)(H2,31,34,39). The van der Waals surface area contributed by atoms with Crippen molar-refractivity contribution in [3.05, 3.63) is 95.6 Å². The molecule has 0 aliphatic carbocycles. The maximum absolute atomic E-state index is 12.2. The summed E-state index contributed by atoms with van der Waals surface area (Å²) in [6.45, 7) is 2.34. The lowest BCUT2D eigenvalue weighted by Crippen LogP contribution is -2.40. The molecule has 9 heteroatoms. The van der Waals surface area contributed by atoms with E-state index in [4.69, 9.17) is 0 Å². The first-order valence-electron chi connectivity index (χ1n) is 12.8. The maximum Gasteiger partial charge on any atom is 0.315 e. The summed E-state index contributed by atoms with van der Waals surface area (Å²) in [5.41, 5.74) is 4.68. The van der Waals surface area contributed by atoms with Gasteiger partial charge in [0.25, 0.3) is 0 Å². The number of aliphatic carboxylic acids is 1. The first-order valence-corrected chi connectivity index (χ1v) is 12.8. The number of urea groups is 1. The predicted molar refractivity (Wildman–Crippen MR) is 149 cm³/mol. The fraction of sp³-hybridized carbons (Fsp3) is 0.267. The highest BCUT2D eigenvalue weighted by molar-refractivity contribution is 5.85. The summed E-state index contributed by atoms with van der Waals surface area (Å²) in [7, 11) is 0. The third-order valence-corrected chi connectivity index (χ3v) is 6.07. The third-order valence-electron chi connectivity index (χ3n) is 6.07. The quantitative estimate of drug-likeness (QED) is 0.216. The Kier molecular flexibility index (Phi) is 11.1. The summed E-state index contributed by atoms with van der Waals surface area (Å²) >= 11 is 0. The van der Waals surface area contributed by atoms with Gasteiger partial charge in [0.15, 0.2) is 0 Å². The molecular weight excluding hydrogens is 496 g/mol. The number of carboxylic acid groups (broad SMARTS) is 1. The first kappa shape index (κ1) is 28.9. The molecule has 0 saturated carbocycles. The monoisotopic (exact) mass is 530 g/mol. The Morgan fingerprint density at radius 3 is 2.18 bits per heavy atom. The molecule has 0 aromatic heterocycles. The first-order chi connectivity index (χ1) is 18.8. The van der Waals surface area contributed by atoms with Gasteiger partial charge in [-0.15, -0.1) is 0 Å². The Labute approximate surface area is 228 Å². The lowest BCUT2D eigenvalue weighted by molar-refractivity contribution is -0.138. The molecule has 0 bridgehead atoms. The van der Waals surface area contributed by atoms with Gasteiger partial charge in [-0.3, -0.25) is 14.4 Å². The minimum atomic E-state index is -1.05. The summed E-state index contributed by atoms with van der Waals surface area (Å²) in [6.07, 6.45) is 0.544. The summed E-state index contributed by atoms with van der Waals surface area (Å²) in [5.74, 6) is -2.79. The van der Waals surface area contributed by atoms with Crippen LogP contribution in [-0.4, -0.2) is 48.6 Å². The summed E-state index contributed by atoms with van der Waals surface area (Å²) in [6, 6.07) is 24.4. The van der Waals surface area contributed by atoms with E-state index in [9.17, 15) is 24.3 Å². The van der Waals surface area contributed by atoms with Gasteiger partial charge in [0.1, 0.15) is 0 Å². The van der Waals surface area contributed by atoms with E-state index in [1.54, 1.807) is 12.1 Å². The fourth-order valence-corrected chi connectivity index (χ4v) is 3.95. The normalized spacial score (nSPS) is 11.2. The van der Waals surface area contributed by atoms with E-state index in [1.165, 1.54) is 0 Å². The van der Waals surface area contributed by atoms with Gasteiger partial charge in [0.2, 0.25) is 11.8 Å². The second-order valence-electron chi connectivity index (χ2n) is 9.16. The number of hydrogen-bond acceptors (Lipinski definition) is 4. The number of rotatable bonds is 13. The maximum atomic E-state index is 12.2. The van der Waals surface area contributed by atoms with E-state index < -0.39 is 17.8 Å². The van der Waals surface area contributed by atoms with Crippen molar-refractivity contribution < 1.29 is 24.3 Å². The summed E-state index contributed by atoms with van der Waals surface area (Å²) in [4.78, 5) is 47.9. The second-order valence-corrected chi connectivity index (χ2v) is 9.16. The van der Waals surface area contributed by atoms with Gasteiger partial charge in [-0.1, -0.05) is 84.4 Å². The zero-order chi connectivity index (χ0) is 28.0. The van der Waals surface area contributed by atoms with Crippen molar-refractivity contribution in [2.45, 2.75) is 32.2 Å². The minimum absolute atomic E-state index is 0.101. The van der Waals surface area contributed by atoms with Crippen LogP contribution in [0.1, 0.15) is 35.4 Å². The van der Waals surface area contributed by atoms with E-state index in [1.807, 2.05) is 73.7 Å². The number of amides is 4. The van der Waals surface area contributed by atoms with Gasteiger partial charge in [-0.2, -0.15) is 0 Å². The largest absolute Gasteiger partial charge is 0.481 e. The molecule has 0 heterocycles. The zero-order valence-electron chi connectivity index (χ0n) is 21.9. The highest BCUT2D eigenvalue weighted by Crippen LogP contribution is 2.23. The third kappa shape index (κ3) is 9.96. The molecule has 0 fully saturated rings. The Morgan fingerprint density at radius 1 is 0.769 bits per heavy atom. The van der Waals surface area contributed by atoms with E-state index in [2.05, 4.69) is 21.3 Å². The van der Waals surface area contributed by atoms with Crippen LogP contribution >= 0.6 is 0 Å². The van der Waals surface area contributed by atoms with E-state index in [0.717, 1.165) is 22.3 Å². The molecule has 39 heavy (non-hydrogen) atoms. The molecule has 0 aliphatic heterocycles. The number of carbonyl (C=O) groups is 4. The van der Waals surface area contributed by atoms with Crippen LogP contribution in [0.2, 0.25) is 0 Å². The molecule has 204 valence electrons. The molecule has 3 aromatic carbocycles. The highest BCUT2D eigenvalue weighted by atomic mass is 16.4. The van der Waals surface area contributed by atoms with Crippen molar-refractivity contribution in [3.8, 4) is 11.1 Å². The molecule has 9 nitrogen and oxygen atoms in total. The van der Waals surface area contributed by atoms with Gasteiger partial charge in [0, 0.05) is 26.1 Å². The van der Waals surface area contributed by atoms with Crippen molar-refractivity contribution in [1.82, 2.24) is 21.3 Å². The lowest BCUT2D eigenvalue weighted by Gasteiger charge is -2.15. The van der Waals surface area contributed by atoms with Gasteiger partial charge >= 0.3 is 12.0 Å². The molecule has 3 rings (SSSR count). The van der Waals surface area contributed by atoms with Crippen molar-refractivity contribution >= 4 is 23.8 Å². The molecule has 0 aliphatic rings. The molecule has 1 atom stereocenters. The molecule has 5 N–H and O–H groups in total. The van der Waals surface area contributed by atoms with Gasteiger partial charge in [-0.25, -0.2) is 4.79 Å². The topological polar surface area (TPSA) is 137 Å². The van der Waals surface area contributed by atoms with Crippen LogP contribution in [0.25, 0.3) is 11.1 Å². The van der Waals surface area contributed by atoms with Crippen LogP contribution in [0.15, 0.2) is 78.9 Å². The lowest BCUT2D eigenvalue weighted by atomic mass is 9.96. The van der Waals surface area contributed by atoms with E-state index in [0.29, 0.717) is 25.1 Å². The van der Waals surface area contributed by atoms with Crippen LogP contribution in [-0.2, 0) is 20.9 Å². The molecular formula is C30H34N4O5. The Morgan fingerprint density at radius 2 is 1.49 bits per heavy atom. The van der Waals surface area contributed by atoms with Crippen molar-refractivity contribution in [2.75, 3.05) is 19.6 Å². The number of carboxylic acids is 1. The molecule has 1 unspecified atom stereocenters. The number of benzene rings is 3. The average Bonchev–Trinajstić information content (AvgIpc) is 2.94. The Bertz CT molecular complexity index is 1260. The summed E-state index contributed by atoms with van der Waals surface area (Å²) in [5, 5.41) is 20.2. The van der Waals surface area contributed by atoms with Crippen molar-refractivity contribution in [1.29, 1.82) is 0 Å². The van der Waals surface area contributed by atoms with Gasteiger partial charge < -0.3 is 26.4 Å². The second kappa shape index (κ2) is 14.9. The molecule has 0 radical (unpaired) electrons. The van der Waals surface area contributed by atoms with Crippen LogP contribution in [0.3, 0.4) is 0 Å². The fourth-order valence-electron chi connectivity index (χ4n) is 3.95. The predicted octanol–water partition coefficient (Wildman–Crippen LogP) is 3.34. The van der Waals surface area contributed by atoms with Crippen molar-refractivity contribution in [2.24, 2.45) is 0 Å². The van der Waals surface area contributed by atoms with Crippen LogP contribution < -0.4 is 21.3 Å². The molecule has 4 amide bonds. The smallest absolute Gasteiger partial charge is 0.315 e. The molecule has 3 aromatic rings. The Balaban J connectivity index is 1.32. The van der Waals surface area contributed by atoms with Crippen LogP contribution in [0, 0.1) is 6.92 Å². The van der Waals surface area contributed by atoms with Crippen molar-refractivity contribution in [3.63, 3.8) is 0 Å². The Hall–Kier alpha value is -4.66.